The molecule has 4 N–H and O–H groups in total. The van der Waals surface area contributed by atoms with Crippen molar-refractivity contribution in [1.82, 2.24) is 4.90 Å². The fraction of sp³-hybridized carbons (Fsp3) is 0.556. The van der Waals surface area contributed by atoms with E-state index in [4.69, 9.17) is 16.2 Å². The van der Waals surface area contributed by atoms with E-state index in [0.717, 1.165) is 43.7 Å². The number of benzene rings is 1. The monoisotopic (exact) mass is 344 g/mol. The second kappa shape index (κ2) is 7.31. The van der Waals surface area contributed by atoms with Crippen molar-refractivity contribution in [3.63, 3.8) is 0 Å². The van der Waals surface area contributed by atoms with E-state index in [0.29, 0.717) is 12.6 Å². The van der Waals surface area contributed by atoms with Gasteiger partial charge in [-0.1, -0.05) is 6.42 Å². The molecule has 0 unspecified atom stereocenters. The summed E-state index contributed by atoms with van der Waals surface area (Å²) in [6.07, 6.45) is 5.33. The first kappa shape index (κ1) is 17.5. The first-order valence-corrected chi connectivity index (χ1v) is 8.87. The molecule has 0 saturated heterocycles. The molecule has 1 aromatic carbocycles. The number of anilines is 1. The zero-order valence-electron chi connectivity index (χ0n) is 15.1. The number of ether oxygens (including phenoxy) is 1. The number of hydrogen-bond acceptors (Lipinski definition) is 7. The van der Waals surface area contributed by atoms with E-state index in [1.165, 1.54) is 6.42 Å². The topological polar surface area (TPSA) is 92.5 Å². The second-order valence-corrected chi connectivity index (χ2v) is 6.96. The van der Waals surface area contributed by atoms with Gasteiger partial charge in [-0.3, -0.25) is 4.90 Å². The van der Waals surface area contributed by atoms with Crippen molar-refractivity contribution < 1.29 is 4.74 Å². The van der Waals surface area contributed by atoms with E-state index in [9.17, 15) is 0 Å². The molecule has 25 heavy (non-hydrogen) atoms. The van der Waals surface area contributed by atoms with Crippen LogP contribution >= 0.6 is 0 Å². The molecular formula is C18H28N6O. The summed E-state index contributed by atoms with van der Waals surface area (Å²) in [5.74, 6) is 1.54. The Balaban J connectivity index is 1.80. The van der Waals surface area contributed by atoms with Gasteiger partial charge in [-0.05, 0) is 64.0 Å². The van der Waals surface area contributed by atoms with Crippen molar-refractivity contribution in [1.29, 1.82) is 0 Å². The van der Waals surface area contributed by atoms with Crippen LogP contribution in [0.15, 0.2) is 34.3 Å². The first-order valence-electron chi connectivity index (χ1n) is 8.87. The maximum absolute atomic E-state index is 6.24. The lowest BCUT2D eigenvalue weighted by molar-refractivity contribution is 0.261. The maximum Gasteiger partial charge on any atom is 0.220 e. The molecular weight excluding hydrogens is 316 g/mol. The van der Waals surface area contributed by atoms with Gasteiger partial charge in [0.25, 0.3) is 0 Å². The lowest BCUT2D eigenvalue weighted by atomic mass is 9.87. The predicted octanol–water partition coefficient (Wildman–Crippen LogP) is 1.74. The zero-order valence-corrected chi connectivity index (χ0v) is 15.1. The molecule has 1 aliphatic heterocycles. The molecule has 0 atom stereocenters. The maximum atomic E-state index is 6.24. The highest BCUT2D eigenvalue weighted by Gasteiger charge is 2.42. The molecule has 7 heteroatoms. The van der Waals surface area contributed by atoms with E-state index in [1.54, 1.807) is 0 Å². The number of nitrogens with two attached hydrogens (primary N) is 2. The molecule has 0 aromatic heterocycles. The summed E-state index contributed by atoms with van der Waals surface area (Å²) in [4.78, 5) is 13.0. The average molecular weight is 344 g/mol. The summed E-state index contributed by atoms with van der Waals surface area (Å²) in [7, 11) is 4.06. The summed E-state index contributed by atoms with van der Waals surface area (Å²) in [6, 6.07) is 7.97. The Morgan fingerprint density at radius 2 is 1.80 bits per heavy atom. The van der Waals surface area contributed by atoms with Crippen molar-refractivity contribution in [3.05, 3.63) is 24.3 Å². The van der Waals surface area contributed by atoms with Gasteiger partial charge in [0.05, 0.1) is 0 Å². The fourth-order valence-corrected chi connectivity index (χ4v) is 3.53. The highest BCUT2D eigenvalue weighted by atomic mass is 16.5. The second-order valence-electron chi connectivity index (χ2n) is 6.96. The highest BCUT2D eigenvalue weighted by Crippen LogP contribution is 2.39. The van der Waals surface area contributed by atoms with Crippen molar-refractivity contribution in [3.8, 4) is 5.75 Å². The summed E-state index contributed by atoms with van der Waals surface area (Å²) in [6.45, 7) is 1.54. The third kappa shape index (κ3) is 3.87. The fourth-order valence-electron chi connectivity index (χ4n) is 3.53. The summed E-state index contributed by atoms with van der Waals surface area (Å²) in [5, 5.41) is 0. The molecule has 1 aliphatic carbocycles. The van der Waals surface area contributed by atoms with Gasteiger partial charge < -0.3 is 21.1 Å². The van der Waals surface area contributed by atoms with Crippen LogP contribution in [0.4, 0.5) is 5.69 Å². The Bertz CT molecular complexity index is 646. The third-order valence-electron chi connectivity index (χ3n) is 4.75. The molecule has 136 valence electrons. The molecule has 1 saturated carbocycles. The Kier molecular flexibility index (Phi) is 5.13. The lowest BCUT2D eigenvalue weighted by Gasteiger charge is -2.45. The molecule has 0 radical (unpaired) electrons. The van der Waals surface area contributed by atoms with Crippen LogP contribution in [0, 0.1) is 0 Å². The molecule has 0 amide bonds. The molecule has 3 rings (SSSR count). The number of nitrogens with zero attached hydrogens (tertiary/aromatic N) is 4. The van der Waals surface area contributed by atoms with Crippen molar-refractivity contribution >= 4 is 17.6 Å². The third-order valence-corrected chi connectivity index (χ3v) is 4.75. The standard InChI is InChI=1S/C18H28N6O/c1-23(2)12-13-25-15-8-6-14(7-9-15)24-17(20)21-16(19)22-18(24)10-4-3-5-11-18/h6-9H,3-5,10-13H2,1-2H3,(H4,19,20,21,22). The van der Waals surface area contributed by atoms with Crippen LogP contribution in [0.5, 0.6) is 5.75 Å². The van der Waals surface area contributed by atoms with Gasteiger partial charge >= 0.3 is 0 Å². The van der Waals surface area contributed by atoms with E-state index >= 15 is 0 Å². The van der Waals surface area contributed by atoms with Crippen LogP contribution < -0.4 is 21.1 Å². The molecule has 1 heterocycles. The Morgan fingerprint density at radius 1 is 1.12 bits per heavy atom. The van der Waals surface area contributed by atoms with Crippen molar-refractivity contribution in [2.45, 2.75) is 37.8 Å². The van der Waals surface area contributed by atoms with Gasteiger partial charge in [-0.2, -0.15) is 4.99 Å². The van der Waals surface area contributed by atoms with Crippen LogP contribution in [0.1, 0.15) is 32.1 Å². The van der Waals surface area contributed by atoms with E-state index < -0.39 is 5.66 Å². The van der Waals surface area contributed by atoms with Gasteiger partial charge in [0.2, 0.25) is 11.9 Å². The van der Waals surface area contributed by atoms with Crippen LogP contribution in [0.2, 0.25) is 0 Å². The minimum atomic E-state index is -0.401. The quantitative estimate of drug-likeness (QED) is 0.849. The van der Waals surface area contributed by atoms with Crippen LogP contribution in [0.3, 0.4) is 0 Å². The summed E-state index contributed by atoms with van der Waals surface area (Å²) >= 11 is 0. The number of aliphatic imine (C=N–C) groups is 2. The Hall–Kier alpha value is -2.28. The predicted molar refractivity (Wildman–Crippen MR) is 102 cm³/mol. The van der Waals surface area contributed by atoms with E-state index in [1.807, 2.05) is 43.3 Å². The van der Waals surface area contributed by atoms with Gasteiger partial charge in [-0.15, -0.1) is 0 Å². The minimum Gasteiger partial charge on any atom is -0.492 e. The Morgan fingerprint density at radius 3 is 2.44 bits per heavy atom. The number of rotatable bonds is 5. The van der Waals surface area contributed by atoms with Gasteiger partial charge in [-0.25, -0.2) is 4.99 Å². The molecule has 1 fully saturated rings. The smallest absolute Gasteiger partial charge is 0.220 e. The van der Waals surface area contributed by atoms with Crippen molar-refractivity contribution in [2.75, 3.05) is 32.1 Å². The first-order chi connectivity index (χ1) is 12.0. The van der Waals surface area contributed by atoms with Crippen LogP contribution in [0.25, 0.3) is 0 Å². The normalized spacial score (nSPS) is 19.7. The number of guanidine groups is 2. The zero-order chi connectivity index (χ0) is 17.9. The molecule has 1 aromatic rings. The molecule has 0 bridgehead atoms. The Labute approximate surface area is 149 Å². The van der Waals surface area contributed by atoms with E-state index in [2.05, 4.69) is 14.9 Å². The van der Waals surface area contributed by atoms with Crippen LogP contribution in [-0.2, 0) is 0 Å². The summed E-state index contributed by atoms with van der Waals surface area (Å²) < 4.78 is 5.77. The summed E-state index contributed by atoms with van der Waals surface area (Å²) in [5.41, 5.74) is 12.7. The highest BCUT2D eigenvalue weighted by molar-refractivity contribution is 6.05. The van der Waals surface area contributed by atoms with Crippen molar-refractivity contribution in [2.24, 2.45) is 21.5 Å². The molecule has 2 aliphatic rings. The SMILES string of the molecule is CN(C)CCOc1ccc(N2C(N)=NC(N)=NC23CCCCC3)cc1. The molecule has 1 spiro atoms. The van der Waals surface area contributed by atoms with E-state index in [-0.39, 0.29) is 5.96 Å². The molecule has 7 nitrogen and oxygen atoms in total. The minimum absolute atomic E-state index is 0.277. The van der Waals surface area contributed by atoms with Gasteiger partial charge in [0, 0.05) is 12.2 Å². The lowest BCUT2D eigenvalue weighted by Crippen LogP contribution is -2.58. The van der Waals surface area contributed by atoms with Gasteiger partial charge in [0.15, 0.2) is 0 Å². The average Bonchev–Trinajstić information content (AvgIpc) is 2.56. The van der Waals surface area contributed by atoms with Crippen LogP contribution in [-0.4, -0.2) is 49.7 Å². The number of likely N-dealkylation sites (N-methyl/N-ethyl adjacent to an activating group) is 1. The van der Waals surface area contributed by atoms with Gasteiger partial charge in [0.1, 0.15) is 18.0 Å². The largest absolute Gasteiger partial charge is 0.492 e. The number of hydrogen-bond donors (Lipinski definition) is 2.